The number of aryl methyl sites for hydroxylation is 3. The van der Waals surface area contributed by atoms with Crippen LogP contribution in [0.15, 0.2) is 24.3 Å². The van der Waals surface area contributed by atoms with Crippen molar-refractivity contribution in [2.45, 2.75) is 33.2 Å². The number of nitrogens with one attached hydrogen (secondary N) is 1. The summed E-state index contributed by atoms with van der Waals surface area (Å²) in [4.78, 5) is 2.49. The summed E-state index contributed by atoms with van der Waals surface area (Å²) in [7, 11) is 0. The van der Waals surface area contributed by atoms with Gasteiger partial charge in [0.15, 0.2) is 0 Å². The van der Waals surface area contributed by atoms with Crippen molar-refractivity contribution in [3.8, 4) is 0 Å². The zero-order valence-corrected chi connectivity index (χ0v) is 12.3. The maximum absolute atomic E-state index is 13.3. The topological polar surface area (TPSA) is 38.0 Å². The Bertz CT molecular complexity index is 558. The highest BCUT2D eigenvalue weighted by Crippen LogP contribution is 2.29. The van der Waals surface area contributed by atoms with Gasteiger partial charge in [0.05, 0.1) is 6.04 Å². The molecule has 1 atom stereocenters. The number of hydrazine groups is 1. The number of thiophene rings is 1. The lowest BCUT2D eigenvalue weighted by molar-refractivity contribution is 0.555. The van der Waals surface area contributed by atoms with Gasteiger partial charge in [0.25, 0.3) is 0 Å². The van der Waals surface area contributed by atoms with Gasteiger partial charge in [-0.25, -0.2) is 4.39 Å². The Morgan fingerprint density at radius 2 is 1.95 bits per heavy atom. The first-order chi connectivity index (χ1) is 9.01. The van der Waals surface area contributed by atoms with Crippen molar-refractivity contribution in [3.63, 3.8) is 0 Å². The van der Waals surface area contributed by atoms with Crippen molar-refractivity contribution in [1.29, 1.82) is 0 Å². The number of benzene rings is 1. The molecule has 0 aliphatic carbocycles. The van der Waals surface area contributed by atoms with Crippen LogP contribution in [0.2, 0.25) is 0 Å². The van der Waals surface area contributed by atoms with Crippen LogP contribution in [0.4, 0.5) is 4.39 Å². The fourth-order valence-electron chi connectivity index (χ4n) is 2.09. The van der Waals surface area contributed by atoms with Crippen LogP contribution < -0.4 is 11.3 Å². The normalized spacial score (nSPS) is 12.7. The van der Waals surface area contributed by atoms with Crippen molar-refractivity contribution >= 4 is 11.3 Å². The van der Waals surface area contributed by atoms with Gasteiger partial charge >= 0.3 is 0 Å². The third kappa shape index (κ3) is 3.21. The molecule has 1 unspecified atom stereocenters. The smallest absolute Gasteiger partial charge is 0.123 e. The molecule has 4 heteroatoms. The number of hydrogen-bond acceptors (Lipinski definition) is 3. The molecule has 1 aromatic carbocycles. The van der Waals surface area contributed by atoms with E-state index in [0.717, 1.165) is 11.1 Å². The van der Waals surface area contributed by atoms with Gasteiger partial charge < -0.3 is 0 Å². The molecule has 0 amide bonds. The summed E-state index contributed by atoms with van der Waals surface area (Å²) in [6.07, 6.45) is 0.694. The summed E-state index contributed by atoms with van der Waals surface area (Å²) in [5, 5.41) is 0. The van der Waals surface area contributed by atoms with E-state index in [0.29, 0.717) is 6.42 Å². The molecule has 0 saturated carbocycles. The molecule has 19 heavy (non-hydrogen) atoms. The predicted octanol–water partition coefficient (Wildman–Crippen LogP) is 3.56. The average Bonchev–Trinajstić information content (AvgIpc) is 2.70. The zero-order valence-electron chi connectivity index (χ0n) is 11.5. The lowest BCUT2D eigenvalue weighted by Crippen LogP contribution is -2.29. The molecule has 3 N–H and O–H groups in total. The molecular weight excluding hydrogens is 259 g/mol. The third-order valence-electron chi connectivity index (χ3n) is 3.46. The molecule has 0 radical (unpaired) electrons. The summed E-state index contributed by atoms with van der Waals surface area (Å²) < 4.78 is 13.3. The zero-order chi connectivity index (χ0) is 14.0. The fraction of sp³-hybridized carbons (Fsp3) is 0.333. The van der Waals surface area contributed by atoms with E-state index in [1.165, 1.54) is 21.4 Å². The number of nitrogens with two attached hydrogens (primary N) is 1. The van der Waals surface area contributed by atoms with Gasteiger partial charge in [-0.3, -0.25) is 11.3 Å². The van der Waals surface area contributed by atoms with E-state index in [2.05, 4.69) is 25.3 Å². The second-order valence-corrected chi connectivity index (χ2v) is 6.17. The molecule has 102 valence electrons. The standard InChI is InChI=1S/C15H19FN2S/c1-9-4-5-13(16)7-12(9)8-14(18-17)15-6-10(2)11(3)19-15/h4-7,14,18H,8,17H2,1-3H3. The van der Waals surface area contributed by atoms with E-state index in [-0.39, 0.29) is 11.9 Å². The average molecular weight is 278 g/mol. The molecule has 2 rings (SSSR count). The Hall–Kier alpha value is -1.23. The molecule has 0 bridgehead atoms. The lowest BCUT2D eigenvalue weighted by Gasteiger charge is -2.16. The van der Waals surface area contributed by atoms with Crippen LogP contribution in [-0.4, -0.2) is 0 Å². The SMILES string of the molecule is Cc1ccc(F)cc1CC(NN)c1cc(C)c(C)s1. The number of hydrogen-bond donors (Lipinski definition) is 2. The van der Waals surface area contributed by atoms with Crippen LogP contribution >= 0.6 is 11.3 Å². The molecule has 1 aromatic heterocycles. The summed E-state index contributed by atoms with van der Waals surface area (Å²) in [5.74, 6) is 5.46. The Morgan fingerprint density at radius 3 is 2.53 bits per heavy atom. The highest BCUT2D eigenvalue weighted by molar-refractivity contribution is 7.12. The molecule has 0 aliphatic heterocycles. The van der Waals surface area contributed by atoms with Crippen LogP contribution in [-0.2, 0) is 6.42 Å². The van der Waals surface area contributed by atoms with Crippen molar-refractivity contribution < 1.29 is 4.39 Å². The summed E-state index contributed by atoms with van der Waals surface area (Å²) in [5.41, 5.74) is 6.20. The molecule has 0 aliphatic rings. The largest absolute Gasteiger partial charge is 0.271 e. The molecule has 0 spiro atoms. The maximum Gasteiger partial charge on any atom is 0.123 e. The van der Waals surface area contributed by atoms with Gasteiger partial charge in [-0.1, -0.05) is 6.07 Å². The lowest BCUT2D eigenvalue weighted by atomic mass is 10.00. The minimum Gasteiger partial charge on any atom is -0.271 e. The highest BCUT2D eigenvalue weighted by atomic mass is 32.1. The van der Waals surface area contributed by atoms with Gasteiger partial charge in [0.1, 0.15) is 5.82 Å². The van der Waals surface area contributed by atoms with E-state index in [4.69, 9.17) is 5.84 Å². The monoisotopic (exact) mass is 278 g/mol. The van der Waals surface area contributed by atoms with Crippen molar-refractivity contribution in [2.24, 2.45) is 5.84 Å². The minimum absolute atomic E-state index is 0.0258. The maximum atomic E-state index is 13.3. The second-order valence-electron chi connectivity index (χ2n) is 4.88. The Balaban J connectivity index is 2.26. The molecule has 0 fully saturated rings. The van der Waals surface area contributed by atoms with Gasteiger partial charge in [-0.05, 0) is 62.1 Å². The van der Waals surface area contributed by atoms with E-state index in [1.54, 1.807) is 17.4 Å². The first kappa shape index (κ1) is 14.2. The Kier molecular flexibility index (Phi) is 4.34. The van der Waals surface area contributed by atoms with Crippen LogP contribution in [0.1, 0.15) is 32.5 Å². The Morgan fingerprint density at radius 1 is 1.21 bits per heavy atom. The van der Waals surface area contributed by atoms with E-state index < -0.39 is 0 Å². The van der Waals surface area contributed by atoms with Crippen LogP contribution in [0.5, 0.6) is 0 Å². The quantitative estimate of drug-likeness (QED) is 0.663. The van der Waals surface area contributed by atoms with Crippen LogP contribution in [0.25, 0.3) is 0 Å². The summed E-state index contributed by atoms with van der Waals surface area (Å²) >= 11 is 1.74. The Labute approximate surface area is 117 Å². The summed E-state index contributed by atoms with van der Waals surface area (Å²) in [6, 6.07) is 7.07. The minimum atomic E-state index is -0.199. The molecule has 2 nitrogen and oxygen atoms in total. The van der Waals surface area contributed by atoms with Crippen molar-refractivity contribution in [1.82, 2.24) is 5.43 Å². The second kappa shape index (κ2) is 5.82. The van der Waals surface area contributed by atoms with Gasteiger partial charge in [-0.2, -0.15) is 0 Å². The number of halogens is 1. The molecule has 2 aromatic rings. The van der Waals surface area contributed by atoms with Crippen LogP contribution in [0, 0.1) is 26.6 Å². The fourth-order valence-corrected chi connectivity index (χ4v) is 3.20. The van der Waals surface area contributed by atoms with Gasteiger partial charge in [-0.15, -0.1) is 11.3 Å². The molecule has 1 heterocycles. The molecular formula is C15H19FN2S. The number of rotatable bonds is 4. The first-order valence-electron chi connectivity index (χ1n) is 6.29. The molecule has 0 saturated heterocycles. The van der Waals surface area contributed by atoms with Crippen molar-refractivity contribution in [2.75, 3.05) is 0 Å². The van der Waals surface area contributed by atoms with E-state index in [9.17, 15) is 4.39 Å². The first-order valence-corrected chi connectivity index (χ1v) is 7.11. The predicted molar refractivity (Wildman–Crippen MR) is 78.7 cm³/mol. The van der Waals surface area contributed by atoms with Crippen LogP contribution in [0.3, 0.4) is 0 Å². The van der Waals surface area contributed by atoms with Gasteiger partial charge in [0.2, 0.25) is 0 Å². The van der Waals surface area contributed by atoms with E-state index >= 15 is 0 Å². The third-order valence-corrected chi connectivity index (χ3v) is 4.73. The van der Waals surface area contributed by atoms with Crippen molar-refractivity contribution in [3.05, 3.63) is 56.5 Å². The van der Waals surface area contributed by atoms with E-state index in [1.807, 2.05) is 13.0 Å². The highest BCUT2D eigenvalue weighted by Gasteiger charge is 2.15. The van der Waals surface area contributed by atoms with Gasteiger partial charge in [0, 0.05) is 9.75 Å². The summed E-state index contributed by atoms with van der Waals surface area (Å²) in [6.45, 7) is 6.19.